The third-order valence-corrected chi connectivity index (χ3v) is 5.09. The van der Waals surface area contributed by atoms with E-state index in [9.17, 15) is 4.39 Å². The lowest BCUT2D eigenvalue weighted by atomic mass is 10.0. The number of nitrogens with one attached hydrogen (secondary N) is 3. The molecule has 3 rings (SSSR count). The fraction of sp³-hybridized carbons (Fsp3) is 0.571. The highest BCUT2D eigenvalue weighted by atomic mass is 127. The second-order valence-electron chi connectivity index (χ2n) is 7.16. The minimum Gasteiger partial charge on any atom is -0.381 e. The average Bonchev–Trinajstić information content (AvgIpc) is 3.12. The normalized spacial score (nSPS) is 15.3. The Balaban J connectivity index is 0.00000300. The Morgan fingerprint density at radius 1 is 1.28 bits per heavy atom. The van der Waals surface area contributed by atoms with Crippen LogP contribution >= 0.6 is 24.0 Å². The lowest BCUT2D eigenvalue weighted by Gasteiger charge is -2.21. The van der Waals surface area contributed by atoms with Crippen LogP contribution in [0, 0.1) is 11.7 Å². The van der Waals surface area contributed by atoms with Gasteiger partial charge in [-0.1, -0.05) is 0 Å². The monoisotopic (exact) mass is 518 g/mol. The van der Waals surface area contributed by atoms with Crippen molar-refractivity contribution in [3.8, 4) is 0 Å². The molecular formula is C21H32FIN4O2. The number of hydrogen-bond acceptors (Lipinski definition) is 3. The molecule has 162 valence electrons. The number of rotatable bonds is 9. The number of benzene rings is 1. The van der Waals surface area contributed by atoms with Crippen LogP contribution in [0.2, 0.25) is 0 Å². The van der Waals surface area contributed by atoms with Crippen LogP contribution < -0.4 is 10.6 Å². The highest BCUT2D eigenvalue weighted by Gasteiger charge is 2.13. The zero-order chi connectivity index (χ0) is 19.6. The Hall–Kier alpha value is -1.39. The molecule has 6 nitrogen and oxygen atoms in total. The maximum atomic E-state index is 13.3. The summed E-state index contributed by atoms with van der Waals surface area (Å²) in [6, 6.07) is 4.85. The molecule has 1 fully saturated rings. The maximum absolute atomic E-state index is 13.3. The lowest BCUT2D eigenvalue weighted by molar-refractivity contribution is 0.0203. The van der Waals surface area contributed by atoms with Crippen molar-refractivity contribution >= 4 is 40.8 Å². The Morgan fingerprint density at radius 3 is 2.86 bits per heavy atom. The number of fused-ring (bicyclic) bond motifs is 1. The number of halogens is 2. The maximum Gasteiger partial charge on any atom is 0.190 e. The first-order valence-corrected chi connectivity index (χ1v) is 10.1. The first kappa shape index (κ1) is 23.9. The van der Waals surface area contributed by atoms with E-state index in [-0.39, 0.29) is 29.8 Å². The number of ether oxygens (including phenoxy) is 2. The zero-order valence-electron chi connectivity index (χ0n) is 17.0. The zero-order valence-corrected chi connectivity index (χ0v) is 19.3. The van der Waals surface area contributed by atoms with Crippen LogP contribution in [-0.2, 0) is 15.9 Å². The molecule has 0 spiro atoms. The van der Waals surface area contributed by atoms with Gasteiger partial charge in [0.1, 0.15) is 5.82 Å². The molecule has 0 saturated carbocycles. The van der Waals surface area contributed by atoms with Crippen molar-refractivity contribution in [2.75, 3.05) is 46.6 Å². The van der Waals surface area contributed by atoms with E-state index in [0.717, 1.165) is 82.1 Å². The quantitative estimate of drug-likeness (QED) is 0.206. The van der Waals surface area contributed by atoms with Crippen LogP contribution in [0.15, 0.2) is 29.4 Å². The minimum absolute atomic E-state index is 0. The first-order valence-electron chi connectivity index (χ1n) is 10.1. The number of aromatic amines is 1. The third kappa shape index (κ3) is 7.75. The minimum atomic E-state index is -0.222. The van der Waals surface area contributed by atoms with E-state index in [1.165, 1.54) is 17.7 Å². The van der Waals surface area contributed by atoms with Gasteiger partial charge in [0.2, 0.25) is 0 Å². The predicted octanol–water partition coefficient (Wildman–Crippen LogP) is 3.47. The second kappa shape index (κ2) is 13.0. The molecule has 0 unspecified atom stereocenters. The van der Waals surface area contributed by atoms with Gasteiger partial charge >= 0.3 is 0 Å². The van der Waals surface area contributed by atoms with Gasteiger partial charge in [0.15, 0.2) is 5.96 Å². The van der Waals surface area contributed by atoms with E-state index in [2.05, 4.69) is 20.6 Å². The third-order valence-electron chi connectivity index (χ3n) is 5.09. The molecule has 8 heteroatoms. The molecular weight excluding hydrogens is 486 g/mol. The Kier molecular flexibility index (Phi) is 10.7. The van der Waals surface area contributed by atoms with Crippen LogP contribution in [0.4, 0.5) is 4.39 Å². The molecule has 1 aromatic heterocycles. The summed E-state index contributed by atoms with van der Waals surface area (Å²) in [5, 5.41) is 7.70. The van der Waals surface area contributed by atoms with E-state index in [4.69, 9.17) is 9.47 Å². The molecule has 1 saturated heterocycles. The fourth-order valence-corrected chi connectivity index (χ4v) is 3.45. The van der Waals surface area contributed by atoms with E-state index >= 15 is 0 Å². The number of nitrogens with zero attached hydrogens (tertiary/aromatic N) is 1. The van der Waals surface area contributed by atoms with Crippen molar-refractivity contribution in [2.24, 2.45) is 10.9 Å². The van der Waals surface area contributed by atoms with Gasteiger partial charge in [0.05, 0.1) is 0 Å². The van der Waals surface area contributed by atoms with Crippen molar-refractivity contribution in [1.29, 1.82) is 0 Å². The molecule has 2 heterocycles. The second-order valence-corrected chi connectivity index (χ2v) is 7.16. The standard InChI is InChI=1S/C21H31FN4O2.HI/c1-23-21(24-8-2-10-28-15-16-6-11-27-12-7-16)25-9-5-17-14-26-20-13-18(22)3-4-19(17)20;/h3-4,13-14,16,26H,2,5-12,15H2,1H3,(H2,23,24,25);1H. The Bertz CT molecular complexity index is 762. The average molecular weight is 518 g/mol. The molecule has 0 radical (unpaired) electrons. The number of H-pyrrole nitrogens is 1. The Morgan fingerprint density at radius 2 is 2.07 bits per heavy atom. The van der Waals surface area contributed by atoms with Crippen molar-refractivity contribution in [3.05, 3.63) is 35.8 Å². The molecule has 0 bridgehead atoms. The topological polar surface area (TPSA) is 70.7 Å². The summed E-state index contributed by atoms with van der Waals surface area (Å²) in [5.41, 5.74) is 2.00. The van der Waals surface area contributed by atoms with E-state index < -0.39 is 0 Å². The van der Waals surface area contributed by atoms with Gasteiger partial charge in [-0.05, 0) is 55.4 Å². The van der Waals surface area contributed by atoms with Gasteiger partial charge in [-0.2, -0.15) is 0 Å². The summed E-state index contributed by atoms with van der Waals surface area (Å²) in [6.07, 6.45) is 5.94. The number of aromatic nitrogens is 1. The summed E-state index contributed by atoms with van der Waals surface area (Å²) in [6.45, 7) is 4.90. The number of aliphatic imine (C=N–C) groups is 1. The molecule has 1 aromatic carbocycles. The summed E-state index contributed by atoms with van der Waals surface area (Å²) in [7, 11) is 1.77. The van der Waals surface area contributed by atoms with E-state index in [1.54, 1.807) is 7.05 Å². The first-order chi connectivity index (χ1) is 13.8. The SMILES string of the molecule is CN=C(NCCCOCC1CCOCC1)NCCc1c[nH]c2cc(F)ccc12.I. The molecule has 1 aliphatic heterocycles. The fourth-order valence-electron chi connectivity index (χ4n) is 3.45. The Labute approximate surface area is 189 Å². The van der Waals surface area contributed by atoms with Gasteiger partial charge in [-0.25, -0.2) is 4.39 Å². The van der Waals surface area contributed by atoms with Crippen LogP contribution in [0.3, 0.4) is 0 Å². The molecule has 0 amide bonds. The van der Waals surface area contributed by atoms with Gasteiger partial charge in [-0.15, -0.1) is 24.0 Å². The van der Waals surface area contributed by atoms with Gasteiger partial charge in [-0.3, -0.25) is 4.99 Å². The summed E-state index contributed by atoms with van der Waals surface area (Å²) >= 11 is 0. The van der Waals surface area contributed by atoms with E-state index in [0.29, 0.717) is 5.92 Å². The highest BCUT2D eigenvalue weighted by Crippen LogP contribution is 2.19. The molecule has 3 N–H and O–H groups in total. The van der Waals surface area contributed by atoms with Crippen LogP contribution in [0.5, 0.6) is 0 Å². The van der Waals surface area contributed by atoms with Crippen molar-refractivity contribution in [1.82, 2.24) is 15.6 Å². The van der Waals surface area contributed by atoms with Gasteiger partial charge < -0.3 is 25.1 Å². The largest absolute Gasteiger partial charge is 0.381 e. The summed E-state index contributed by atoms with van der Waals surface area (Å²) < 4.78 is 24.4. The molecule has 0 aliphatic carbocycles. The van der Waals surface area contributed by atoms with E-state index in [1.807, 2.05) is 12.3 Å². The summed E-state index contributed by atoms with van der Waals surface area (Å²) in [5.74, 6) is 1.22. The smallest absolute Gasteiger partial charge is 0.190 e. The highest BCUT2D eigenvalue weighted by molar-refractivity contribution is 14.0. The van der Waals surface area contributed by atoms with Crippen molar-refractivity contribution < 1.29 is 13.9 Å². The number of hydrogen-bond donors (Lipinski definition) is 3. The molecule has 1 aliphatic rings. The summed E-state index contributed by atoms with van der Waals surface area (Å²) in [4.78, 5) is 7.38. The van der Waals surface area contributed by atoms with Crippen molar-refractivity contribution in [2.45, 2.75) is 25.7 Å². The molecule has 2 aromatic rings. The van der Waals surface area contributed by atoms with Crippen LogP contribution in [-0.4, -0.2) is 57.5 Å². The van der Waals surface area contributed by atoms with Crippen molar-refractivity contribution in [3.63, 3.8) is 0 Å². The predicted molar refractivity (Wildman–Crippen MR) is 126 cm³/mol. The molecule has 29 heavy (non-hydrogen) atoms. The van der Waals surface area contributed by atoms with Gasteiger partial charge in [0.25, 0.3) is 0 Å². The van der Waals surface area contributed by atoms with Crippen LogP contribution in [0.1, 0.15) is 24.8 Å². The molecule has 0 atom stereocenters. The van der Waals surface area contributed by atoms with Crippen LogP contribution in [0.25, 0.3) is 10.9 Å². The number of guanidine groups is 1. The lowest BCUT2D eigenvalue weighted by Crippen LogP contribution is -2.39. The van der Waals surface area contributed by atoms with Gasteiger partial charge in [0, 0.05) is 63.7 Å².